The Kier molecular flexibility index (Phi) is 5.64. The molecule has 8 heteroatoms. The zero-order valence-corrected chi connectivity index (χ0v) is 11.2. The number of hydrogen-bond donors (Lipinski definition) is 3. The Morgan fingerprint density at radius 1 is 1.35 bits per heavy atom. The molecule has 1 rings (SSSR count). The van der Waals surface area contributed by atoms with Gasteiger partial charge in [-0.2, -0.15) is 13.2 Å². The lowest BCUT2D eigenvalue weighted by molar-refractivity contribution is -0.143. The summed E-state index contributed by atoms with van der Waals surface area (Å²) >= 11 is 0. The molecule has 3 N–H and O–H groups in total. The van der Waals surface area contributed by atoms with Crippen molar-refractivity contribution >= 4 is 12.0 Å². The van der Waals surface area contributed by atoms with Gasteiger partial charge in [-0.05, 0) is 26.2 Å². The standard InChI is InChI=1S/C12H19F3N2O3/c1-7(6-12(13,14)15)16-11(20)17-9-4-2-3-8(5-9)10(18)19/h7-9H,2-6H2,1H3,(H,18,19)(H2,16,17,20). The number of hydrogen-bond acceptors (Lipinski definition) is 2. The first-order valence-corrected chi connectivity index (χ1v) is 6.54. The van der Waals surface area contributed by atoms with Crippen molar-refractivity contribution in [3.8, 4) is 0 Å². The van der Waals surface area contributed by atoms with E-state index < -0.39 is 36.6 Å². The zero-order chi connectivity index (χ0) is 15.3. The fourth-order valence-electron chi connectivity index (χ4n) is 2.39. The molecular weight excluding hydrogens is 277 g/mol. The summed E-state index contributed by atoms with van der Waals surface area (Å²) in [6.07, 6.45) is -3.21. The highest BCUT2D eigenvalue weighted by Gasteiger charge is 2.31. The van der Waals surface area contributed by atoms with E-state index in [1.165, 1.54) is 6.92 Å². The van der Waals surface area contributed by atoms with Gasteiger partial charge in [0.15, 0.2) is 0 Å². The molecule has 0 spiro atoms. The third-order valence-corrected chi connectivity index (χ3v) is 3.27. The highest BCUT2D eigenvalue weighted by Crippen LogP contribution is 2.24. The summed E-state index contributed by atoms with van der Waals surface area (Å²) in [4.78, 5) is 22.4. The van der Waals surface area contributed by atoms with Crippen LogP contribution in [-0.4, -0.2) is 35.4 Å². The molecule has 0 aromatic rings. The largest absolute Gasteiger partial charge is 0.481 e. The third kappa shape index (κ3) is 6.12. The maximum Gasteiger partial charge on any atom is 0.391 e. The van der Waals surface area contributed by atoms with E-state index in [0.29, 0.717) is 25.7 Å². The van der Waals surface area contributed by atoms with E-state index in [1.54, 1.807) is 0 Å². The molecule has 1 aliphatic rings. The van der Waals surface area contributed by atoms with Crippen molar-refractivity contribution in [2.45, 2.75) is 57.3 Å². The van der Waals surface area contributed by atoms with Gasteiger partial charge in [-0.1, -0.05) is 6.42 Å². The van der Waals surface area contributed by atoms with Gasteiger partial charge < -0.3 is 15.7 Å². The van der Waals surface area contributed by atoms with E-state index in [2.05, 4.69) is 10.6 Å². The molecule has 116 valence electrons. The Morgan fingerprint density at radius 3 is 2.55 bits per heavy atom. The lowest BCUT2D eigenvalue weighted by Gasteiger charge is -2.28. The summed E-state index contributed by atoms with van der Waals surface area (Å²) in [5.41, 5.74) is 0. The van der Waals surface area contributed by atoms with Crippen molar-refractivity contribution in [1.82, 2.24) is 10.6 Å². The van der Waals surface area contributed by atoms with E-state index >= 15 is 0 Å². The minimum absolute atomic E-state index is 0.303. The Hall–Kier alpha value is -1.47. The van der Waals surface area contributed by atoms with Gasteiger partial charge in [0.05, 0.1) is 12.3 Å². The van der Waals surface area contributed by atoms with Gasteiger partial charge >= 0.3 is 18.2 Å². The summed E-state index contributed by atoms with van der Waals surface area (Å²) in [5.74, 6) is -1.40. The fraction of sp³-hybridized carbons (Fsp3) is 0.833. The quantitative estimate of drug-likeness (QED) is 0.744. The lowest BCUT2D eigenvalue weighted by atomic mass is 9.86. The summed E-state index contributed by atoms with van der Waals surface area (Å²) in [6, 6.07) is -2.01. The van der Waals surface area contributed by atoms with E-state index in [-0.39, 0.29) is 6.04 Å². The molecule has 1 saturated carbocycles. The van der Waals surface area contributed by atoms with Gasteiger partial charge in [-0.25, -0.2) is 4.79 Å². The number of amides is 2. The van der Waals surface area contributed by atoms with Crippen LogP contribution in [0.5, 0.6) is 0 Å². The molecule has 0 aliphatic heterocycles. The summed E-state index contributed by atoms with van der Waals surface area (Å²) in [7, 11) is 0. The fourth-order valence-corrected chi connectivity index (χ4v) is 2.39. The maximum absolute atomic E-state index is 12.1. The lowest BCUT2D eigenvalue weighted by Crippen LogP contribution is -2.48. The maximum atomic E-state index is 12.1. The second-order valence-corrected chi connectivity index (χ2v) is 5.24. The van der Waals surface area contributed by atoms with Crippen LogP contribution in [0.2, 0.25) is 0 Å². The number of halogens is 3. The van der Waals surface area contributed by atoms with Gasteiger partial charge in [0.25, 0.3) is 0 Å². The van der Waals surface area contributed by atoms with Crippen LogP contribution in [0.15, 0.2) is 0 Å². The summed E-state index contributed by atoms with van der Waals surface area (Å²) < 4.78 is 36.4. The number of rotatable bonds is 4. The SMILES string of the molecule is CC(CC(F)(F)F)NC(=O)NC1CCCC(C(=O)O)C1. The van der Waals surface area contributed by atoms with Crippen LogP contribution in [0, 0.1) is 5.92 Å². The van der Waals surface area contributed by atoms with Crippen LogP contribution in [0.3, 0.4) is 0 Å². The van der Waals surface area contributed by atoms with Crippen LogP contribution in [0.1, 0.15) is 39.0 Å². The molecule has 2 amide bonds. The van der Waals surface area contributed by atoms with E-state index in [0.717, 1.165) is 0 Å². The van der Waals surface area contributed by atoms with Gasteiger partial charge in [0.1, 0.15) is 0 Å². The smallest absolute Gasteiger partial charge is 0.391 e. The predicted octanol–water partition coefficient (Wildman–Crippen LogP) is 2.27. The molecule has 0 heterocycles. The number of carboxylic acid groups (broad SMARTS) is 1. The molecule has 3 unspecified atom stereocenters. The highest BCUT2D eigenvalue weighted by molar-refractivity contribution is 5.75. The highest BCUT2D eigenvalue weighted by atomic mass is 19.4. The number of carboxylic acids is 1. The molecule has 3 atom stereocenters. The van der Waals surface area contributed by atoms with Gasteiger partial charge in [-0.3, -0.25) is 4.79 Å². The van der Waals surface area contributed by atoms with Crippen molar-refractivity contribution in [2.75, 3.05) is 0 Å². The average molecular weight is 296 g/mol. The van der Waals surface area contributed by atoms with Gasteiger partial charge in [0, 0.05) is 12.1 Å². The zero-order valence-electron chi connectivity index (χ0n) is 11.2. The molecule has 0 aromatic carbocycles. The van der Waals surface area contributed by atoms with Crippen molar-refractivity contribution in [3.05, 3.63) is 0 Å². The number of nitrogens with one attached hydrogen (secondary N) is 2. The van der Waals surface area contributed by atoms with E-state index in [4.69, 9.17) is 5.11 Å². The van der Waals surface area contributed by atoms with E-state index in [1.807, 2.05) is 0 Å². The summed E-state index contributed by atoms with van der Waals surface area (Å²) in [6.45, 7) is 1.27. The van der Waals surface area contributed by atoms with Crippen molar-refractivity contribution in [1.29, 1.82) is 0 Å². The second-order valence-electron chi connectivity index (χ2n) is 5.24. The normalized spacial score (nSPS) is 24.8. The first kappa shape index (κ1) is 16.6. The van der Waals surface area contributed by atoms with E-state index in [9.17, 15) is 22.8 Å². The molecule has 20 heavy (non-hydrogen) atoms. The first-order valence-electron chi connectivity index (χ1n) is 6.54. The minimum atomic E-state index is -4.33. The molecule has 0 bridgehead atoms. The van der Waals surface area contributed by atoms with Crippen molar-refractivity contribution in [3.63, 3.8) is 0 Å². The van der Waals surface area contributed by atoms with Crippen molar-refractivity contribution in [2.24, 2.45) is 5.92 Å². The number of aliphatic carboxylic acids is 1. The number of urea groups is 1. The Balaban J connectivity index is 2.36. The first-order chi connectivity index (χ1) is 9.17. The average Bonchev–Trinajstić information content (AvgIpc) is 2.25. The van der Waals surface area contributed by atoms with Crippen LogP contribution in [0.4, 0.5) is 18.0 Å². The number of alkyl halides is 3. The molecule has 0 radical (unpaired) electrons. The second kappa shape index (κ2) is 6.81. The van der Waals surface area contributed by atoms with Crippen LogP contribution in [-0.2, 0) is 4.79 Å². The number of carbonyl (C=O) groups excluding carboxylic acids is 1. The molecule has 1 aliphatic carbocycles. The van der Waals surface area contributed by atoms with Crippen LogP contribution in [0.25, 0.3) is 0 Å². The van der Waals surface area contributed by atoms with Gasteiger partial charge in [0.2, 0.25) is 0 Å². The Bertz CT molecular complexity index is 360. The molecular formula is C12H19F3N2O3. The van der Waals surface area contributed by atoms with Gasteiger partial charge in [-0.15, -0.1) is 0 Å². The molecule has 1 fully saturated rings. The number of carbonyl (C=O) groups is 2. The topological polar surface area (TPSA) is 78.4 Å². The molecule has 0 aromatic heterocycles. The Labute approximate surface area is 114 Å². The van der Waals surface area contributed by atoms with Crippen LogP contribution < -0.4 is 10.6 Å². The van der Waals surface area contributed by atoms with Crippen molar-refractivity contribution < 1.29 is 27.9 Å². The molecule has 5 nitrogen and oxygen atoms in total. The predicted molar refractivity (Wildman–Crippen MR) is 65.2 cm³/mol. The molecule has 0 saturated heterocycles. The third-order valence-electron chi connectivity index (χ3n) is 3.27. The minimum Gasteiger partial charge on any atom is -0.481 e. The summed E-state index contributed by atoms with van der Waals surface area (Å²) in [5, 5.41) is 13.7. The Morgan fingerprint density at radius 2 is 2.00 bits per heavy atom. The monoisotopic (exact) mass is 296 g/mol. The van der Waals surface area contributed by atoms with Crippen LogP contribution >= 0.6 is 0 Å².